The van der Waals surface area contributed by atoms with E-state index in [1.54, 1.807) is 13.0 Å². The van der Waals surface area contributed by atoms with Crippen LogP contribution in [0.3, 0.4) is 0 Å². The molecule has 96 valence electrons. The third-order valence-corrected chi connectivity index (χ3v) is 2.67. The Kier molecular flexibility index (Phi) is 5.77. The predicted molar refractivity (Wildman–Crippen MR) is 66.3 cm³/mol. The number of nitrogens with one attached hydrogen (secondary N) is 1. The van der Waals surface area contributed by atoms with Crippen LogP contribution in [-0.4, -0.2) is 17.6 Å². The van der Waals surface area contributed by atoms with Crippen molar-refractivity contribution in [2.24, 2.45) is 0 Å². The largest absolute Gasteiger partial charge is 0.475 e. The van der Waals surface area contributed by atoms with Gasteiger partial charge in [0, 0.05) is 5.56 Å². The van der Waals surface area contributed by atoms with Crippen LogP contribution in [0.1, 0.15) is 54.5 Å². The van der Waals surface area contributed by atoms with E-state index >= 15 is 0 Å². The smallest absolute Gasteiger partial charge is 0.372 e. The normalized spacial score (nSPS) is 10.7. The predicted octanol–water partition coefficient (Wildman–Crippen LogP) is 2.96. The van der Waals surface area contributed by atoms with Gasteiger partial charge in [-0.05, 0) is 26.0 Å². The van der Waals surface area contributed by atoms with Crippen molar-refractivity contribution >= 4 is 5.97 Å². The van der Waals surface area contributed by atoms with Gasteiger partial charge in [-0.15, -0.1) is 0 Å². The van der Waals surface area contributed by atoms with Crippen LogP contribution >= 0.6 is 0 Å². The summed E-state index contributed by atoms with van der Waals surface area (Å²) in [5.74, 6) is -0.264. The monoisotopic (exact) mass is 239 g/mol. The van der Waals surface area contributed by atoms with Gasteiger partial charge < -0.3 is 14.8 Å². The Morgan fingerprint density at radius 2 is 2.18 bits per heavy atom. The average Bonchev–Trinajstić information content (AvgIpc) is 2.65. The minimum Gasteiger partial charge on any atom is -0.475 e. The summed E-state index contributed by atoms with van der Waals surface area (Å²) < 4.78 is 5.24. The van der Waals surface area contributed by atoms with Crippen molar-refractivity contribution in [2.45, 2.75) is 46.1 Å². The second kappa shape index (κ2) is 7.12. The van der Waals surface area contributed by atoms with Crippen LogP contribution in [0.4, 0.5) is 0 Å². The van der Waals surface area contributed by atoms with Gasteiger partial charge in [0.25, 0.3) is 0 Å². The van der Waals surface area contributed by atoms with Gasteiger partial charge >= 0.3 is 5.97 Å². The molecule has 17 heavy (non-hydrogen) atoms. The third kappa shape index (κ3) is 4.61. The molecular formula is C13H21NO3. The van der Waals surface area contributed by atoms with Crippen molar-refractivity contribution in [3.05, 3.63) is 23.2 Å². The highest BCUT2D eigenvalue weighted by Crippen LogP contribution is 2.14. The van der Waals surface area contributed by atoms with Crippen molar-refractivity contribution in [1.82, 2.24) is 5.32 Å². The molecule has 1 aromatic rings. The number of hydrogen-bond donors (Lipinski definition) is 2. The molecule has 0 unspecified atom stereocenters. The lowest BCUT2D eigenvalue weighted by molar-refractivity contribution is 0.0659. The molecule has 0 saturated heterocycles. The van der Waals surface area contributed by atoms with E-state index in [1.807, 2.05) is 0 Å². The first kappa shape index (κ1) is 13.8. The molecule has 0 aliphatic carbocycles. The first-order valence-corrected chi connectivity index (χ1v) is 6.18. The molecule has 0 atom stereocenters. The van der Waals surface area contributed by atoms with E-state index in [2.05, 4.69) is 12.2 Å². The van der Waals surface area contributed by atoms with Crippen LogP contribution < -0.4 is 5.32 Å². The van der Waals surface area contributed by atoms with Crippen LogP contribution in [0.2, 0.25) is 0 Å². The van der Waals surface area contributed by atoms with E-state index in [0.717, 1.165) is 13.0 Å². The van der Waals surface area contributed by atoms with E-state index in [-0.39, 0.29) is 5.76 Å². The molecule has 0 amide bonds. The molecule has 1 rings (SSSR count). The maximum absolute atomic E-state index is 10.8. The van der Waals surface area contributed by atoms with E-state index < -0.39 is 5.97 Å². The summed E-state index contributed by atoms with van der Waals surface area (Å²) in [4.78, 5) is 10.8. The molecule has 0 fully saturated rings. The summed E-state index contributed by atoms with van der Waals surface area (Å²) in [5.41, 5.74) is 0.681. The van der Waals surface area contributed by atoms with Gasteiger partial charge in [0.2, 0.25) is 5.76 Å². The maximum atomic E-state index is 10.8. The molecule has 4 heteroatoms. The first-order valence-electron chi connectivity index (χ1n) is 6.18. The van der Waals surface area contributed by atoms with Gasteiger partial charge in [0.05, 0.1) is 6.54 Å². The van der Waals surface area contributed by atoms with Crippen molar-refractivity contribution in [3.63, 3.8) is 0 Å². The van der Waals surface area contributed by atoms with Gasteiger partial charge in [-0.25, -0.2) is 4.79 Å². The summed E-state index contributed by atoms with van der Waals surface area (Å²) >= 11 is 0. The van der Waals surface area contributed by atoms with Crippen LogP contribution in [-0.2, 0) is 6.54 Å². The zero-order valence-electron chi connectivity index (χ0n) is 10.6. The molecule has 0 aromatic carbocycles. The SMILES string of the molecule is CCCCCCNCc1cc(C)c(C(=O)O)o1. The number of unbranched alkanes of at least 4 members (excludes halogenated alkanes) is 3. The van der Waals surface area contributed by atoms with Crippen LogP contribution in [0.5, 0.6) is 0 Å². The van der Waals surface area contributed by atoms with E-state index in [9.17, 15) is 4.79 Å². The second-order valence-electron chi connectivity index (χ2n) is 4.27. The van der Waals surface area contributed by atoms with Crippen molar-refractivity contribution in [1.29, 1.82) is 0 Å². The third-order valence-electron chi connectivity index (χ3n) is 2.67. The Balaban J connectivity index is 2.27. The van der Waals surface area contributed by atoms with Crippen LogP contribution in [0.15, 0.2) is 10.5 Å². The molecule has 0 bridgehead atoms. The molecule has 0 spiro atoms. The lowest BCUT2D eigenvalue weighted by Gasteiger charge is -2.01. The highest BCUT2D eigenvalue weighted by atomic mass is 16.4. The molecule has 0 aliphatic heterocycles. The zero-order chi connectivity index (χ0) is 12.7. The highest BCUT2D eigenvalue weighted by molar-refractivity contribution is 5.86. The zero-order valence-corrected chi connectivity index (χ0v) is 10.6. The Labute approximate surface area is 102 Å². The second-order valence-corrected chi connectivity index (χ2v) is 4.27. The number of hydrogen-bond acceptors (Lipinski definition) is 3. The van der Waals surface area contributed by atoms with Crippen LogP contribution in [0.25, 0.3) is 0 Å². The molecule has 0 radical (unpaired) electrons. The van der Waals surface area contributed by atoms with E-state index in [0.29, 0.717) is 17.9 Å². The van der Waals surface area contributed by atoms with Gasteiger partial charge in [-0.3, -0.25) is 0 Å². The Bertz CT molecular complexity index is 358. The topological polar surface area (TPSA) is 62.5 Å². The number of carbonyl (C=O) groups is 1. The Morgan fingerprint density at radius 1 is 1.41 bits per heavy atom. The summed E-state index contributed by atoms with van der Waals surface area (Å²) in [7, 11) is 0. The molecule has 0 saturated carbocycles. The number of aromatic carboxylic acids is 1. The number of aryl methyl sites for hydroxylation is 1. The van der Waals surface area contributed by atoms with Gasteiger partial charge in [-0.2, -0.15) is 0 Å². The molecular weight excluding hydrogens is 218 g/mol. The molecule has 1 aromatic heterocycles. The number of furan rings is 1. The summed E-state index contributed by atoms with van der Waals surface area (Å²) in [6, 6.07) is 1.78. The Morgan fingerprint density at radius 3 is 2.76 bits per heavy atom. The van der Waals surface area contributed by atoms with Crippen molar-refractivity contribution in [2.75, 3.05) is 6.54 Å². The summed E-state index contributed by atoms with van der Waals surface area (Å²) in [6.07, 6.45) is 4.89. The highest BCUT2D eigenvalue weighted by Gasteiger charge is 2.13. The van der Waals surface area contributed by atoms with E-state index in [1.165, 1.54) is 19.3 Å². The van der Waals surface area contributed by atoms with Gasteiger partial charge in [-0.1, -0.05) is 26.2 Å². The van der Waals surface area contributed by atoms with E-state index in [4.69, 9.17) is 9.52 Å². The minimum absolute atomic E-state index is 0.0489. The minimum atomic E-state index is -1.00. The lowest BCUT2D eigenvalue weighted by Crippen LogP contribution is -2.14. The van der Waals surface area contributed by atoms with Crippen molar-refractivity contribution < 1.29 is 14.3 Å². The fourth-order valence-corrected chi connectivity index (χ4v) is 1.74. The quantitative estimate of drug-likeness (QED) is 0.685. The maximum Gasteiger partial charge on any atom is 0.372 e. The van der Waals surface area contributed by atoms with Gasteiger partial charge in [0.1, 0.15) is 5.76 Å². The number of carboxylic acid groups (broad SMARTS) is 1. The summed E-state index contributed by atoms with van der Waals surface area (Å²) in [5, 5.41) is 12.1. The molecule has 2 N–H and O–H groups in total. The average molecular weight is 239 g/mol. The number of carboxylic acids is 1. The summed E-state index contributed by atoms with van der Waals surface area (Å²) in [6.45, 7) is 5.48. The van der Waals surface area contributed by atoms with Crippen molar-refractivity contribution in [3.8, 4) is 0 Å². The van der Waals surface area contributed by atoms with Gasteiger partial charge in [0.15, 0.2) is 0 Å². The molecule has 0 aliphatic rings. The number of rotatable bonds is 8. The molecule has 1 heterocycles. The standard InChI is InChI=1S/C13H21NO3/c1-3-4-5-6-7-14-9-11-8-10(2)12(17-11)13(15)16/h8,14H,3-7,9H2,1-2H3,(H,15,16). The fourth-order valence-electron chi connectivity index (χ4n) is 1.74. The fraction of sp³-hybridized carbons (Fsp3) is 0.615. The molecule has 4 nitrogen and oxygen atoms in total. The Hall–Kier alpha value is -1.29. The van der Waals surface area contributed by atoms with Crippen LogP contribution in [0, 0.1) is 6.92 Å². The lowest BCUT2D eigenvalue weighted by atomic mass is 10.2. The first-order chi connectivity index (χ1) is 8.15.